The van der Waals surface area contributed by atoms with E-state index in [1.54, 1.807) is 24.0 Å². The largest absolute Gasteiger partial charge is 0.474 e. The van der Waals surface area contributed by atoms with Crippen LogP contribution in [0.4, 0.5) is 0 Å². The van der Waals surface area contributed by atoms with Crippen molar-refractivity contribution in [3.05, 3.63) is 51.9 Å². The van der Waals surface area contributed by atoms with Crippen molar-refractivity contribution in [3.8, 4) is 5.06 Å². The highest BCUT2D eigenvalue weighted by molar-refractivity contribution is 7.17. The molecular formula is C28H37ClN4O5S. The van der Waals surface area contributed by atoms with Gasteiger partial charge in [-0.1, -0.05) is 61.1 Å². The molecule has 0 radical (unpaired) electrons. The molecule has 0 saturated carbocycles. The maximum atomic E-state index is 13.5. The van der Waals surface area contributed by atoms with Crippen LogP contribution in [0.2, 0.25) is 4.34 Å². The Morgan fingerprint density at radius 2 is 1.77 bits per heavy atom. The van der Waals surface area contributed by atoms with Gasteiger partial charge in [-0.15, -0.1) is 0 Å². The third-order valence-electron chi connectivity index (χ3n) is 6.36. The highest BCUT2D eigenvalue weighted by atomic mass is 35.5. The molecule has 1 aromatic heterocycles. The van der Waals surface area contributed by atoms with Crippen molar-refractivity contribution in [1.82, 2.24) is 14.7 Å². The fourth-order valence-electron chi connectivity index (χ4n) is 4.51. The number of thiophene rings is 1. The Kier molecular flexibility index (Phi) is 11.6. The molecule has 39 heavy (non-hydrogen) atoms. The third kappa shape index (κ3) is 8.44. The molecule has 1 unspecified atom stereocenters. The molecular weight excluding hydrogens is 540 g/mol. The first kappa shape index (κ1) is 30.4. The molecule has 0 spiro atoms. The van der Waals surface area contributed by atoms with E-state index in [4.69, 9.17) is 26.5 Å². The van der Waals surface area contributed by atoms with Crippen molar-refractivity contribution < 1.29 is 23.9 Å². The van der Waals surface area contributed by atoms with E-state index < -0.39 is 12.0 Å². The summed E-state index contributed by atoms with van der Waals surface area (Å²) in [5.41, 5.74) is 1.74. The van der Waals surface area contributed by atoms with Crippen LogP contribution >= 0.6 is 22.9 Å². The predicted molar refractivity (Wildman–Crippen MR) is 152 cm³/mol. The number of esters is 1. The Balaban J connectivity index is 1.68. The molecule has 1 aliphatic heterocycles. The highest BCUT2D eigenvalue weighted by Gasteiger charge is 2.39. The summed E-state index contributed by atoms with van der Waals surface area (Å²) >= 11 is 7.14. The minimum Gasteiger partial charge on any atom is -0.474 e. The van der Waals surface area contributed by atoms with Crippen molar-refractivity contribution in [2.75, 3.05) is 39.4 Å². The fraction of sp³-hybridized carbons (Fsp3) is 0.500. The van der Waals surface area contributed by atoms with E-state index in [1.807, 2.05) is 24.3 Å². The number of hydrogen-bond donors (Lipinski definition) is 1. The Morgan fingerprint density at radius 1 is 1.08 bits per heavy atom. The normalized spacial score (nSPS) is 15.3. The molecule has 11 heteroatoms. The van der Waals surface area contributed by atoms with Gasteiger partial charge in [0.05, 0.1) is 17.4 Å². The number of nitrogens with zero attached hydrogens (tertiary/aromatic N) is 3. The first-order valence-corrected chi connectivity index (χ1v) is 14.5. The predicted octanol–water partition coefficient (Wildman–Crippen LogP) is 4.42. The first-order chi connectivity index (χ1) is 18.8. The van der Waals surface area contributed by atoms with Crippen LogP contribution in [0.25, 0.3) is 0 Å². The number of piperazine rings is 1. The van der Waals surface area contributed by atoms with E-state index in [0.717, 1.165) is 37.1 Å². The van der Waals surface area contributed by atoms with Crippen LogP contribution < -0.4 is 4.74 Å². The molecule has 2 heterocycles. The van der Waals surface area contributed by atoms with Crippen molar-refractivity contribution in [2.45, 2.75) is 52.6 Å². The zero-order chi connectivity index (χ0) is 28.4. The quantitative estimate of drug-likeness (QED) is 0.215. The van der Waals surface area contributed by atoms with E-state index in [9.17, 15) is 14.4 Å². The number of benzene rings is 1. The molecule has 0 bridgehead atoms. The number of halogens is 1. The number of ether oxygens (including phenoxy) is 2. The van der Waals surface area contributed by atoms with Gasteiger partial charge in [-0.2, -0.15) is 0 Å². The number of carbonyl (C=O) groups excluding carboxylic acids is 3. The van der Waals surface area contributed by atoms with E-state index in [0.29, 0.717) is 28.3 Å². The lowest BCUT2D eigenvalue weighted by molar-refractivity contribution is -0.158. The van der Waals surface area contributed by atoms with E-state index in [1.165, 1.54) is 16.2 Å². The summed E-state index contributed by atoms with van der Waals surface area (Å²) in [6.45, 7) is 8.44. The van der Waals surface area contributed by atoms with Gasteiger partial charge in [0.1, 0.15) is 11.9 Å². The molecule has 1 saturated heterocycles. The minimum absolute atomic E-state index is 0.189. The number of hydrogen-bond acceptors (Lipinski definition) is 7. The average Bonchev–Trinajstić information content (AvgIpc) is 3.34. The Hall–Kier alpha value is -3.11. The molecule has 1 aromatic carbocycles. The summed E-state index contributed by atoms with van der Waals surface area (Å²) in [6.07, 6.45) is 1.72. The van der Waals surface area contributed by atoms with E-state index >= 15 is 0 Å². The lowest BCUT2D eigenvalue weighted by atomic mass is 10.0. The van der Waals surface area contributed by atoms with Crippen LogP contribution in [0.1, 0.15) is 51.2 Å². The van der Waals surface area contributed by atoms with Gasteiger partial charge in [0.25, 0.3) is 5.91 Å². The van der Waals surface area contributed by atoms with Gasteiger partial charge < -0.3 is 24.2 Å². The van der Waals surface area contributed by atoms with Crippen molar-refractivity contribution in [2.24, 2.45) is 0 Å². The summed E-state index contributed by atoms with van der Waals surface area (Å²) in [6, 6.07) is 10.0. The fourth-order valence-corrected chi connectivity index (χ4v) is 5.38. The van der Waals surface area contributed by atoms with Crippen LogP contribution in [0.3, 0.4) is 0 Å². The minimum atomic E-state index is -0.968. The third-order valence-corrected chi connectivity index (χ3v) is 7.50. The lowest BCUT2D eigenvalue weighted by Crippen LogP contribution is -2.59. The van der Waals surface area contributed by atoms with Gasteiger partial charge in [-0.3, -0.25) is 19.8 Å². The second kappa shape index (κ2) is 14.9. The van der Waals surface area contributed by atoms with Gasteiger partial charge in [-0.25, -0.2) is 0 Å². The monoisotopic (exact) mass is 576 g/mol. The van der Waals surface area contributed by atoms with Gasteiger partial charge in [0.15, 0.2) is 11.7 Å². The summed E-state index contributed by atoms with van der Waals surface area (Å²) < 4.78 is 11.2. The van der Waals surface area contributed by atoms with Crippen LogP contribution in [0, 0.1) is 5.41 Å². The Labute approximate surface area is 239 Å². The lowest BCUT2D eigenvalue weighted by Gasteiger charge is -2.40. The van der Waals surface area contributed by atoms with Gasteiger partial charge in [-0.05, 0) is 37.5 Å². The molecule has 0 aliphatic carbocycles. The van der Waals surface area contributed by atoms with Crippen molar-refractivity contribution in [1.29, 1.82) is 5.41 Å². The van der Waals surface area contributed by atoms with Crippen molar-refractivity contribution >= 4 is 46.6 Å². The first-order valence-electron chi connectivity index (χ1n) is 13.3. The second-order valence-electron chi connectivity index (χ2n) is 9.25. The molecule has 3 rings (SSSR count). The Morgan fingerprint density at radius 3 is 2.36 bits per heavy atom. The molecule has 1 fully saturated rings. The number of amidine groups is 1. The maximum Gasteiger partial charge on any atom is 0.308 e. The molecule has 1 N–H and O–H groups in total. The van der Waals surface area contributed by atoms with Gasteiger partial charge >= 0.3 is 5.97 Å². The molecule has 2 aromatic rings. The summed E-state index contributed by atoms with van der Waals surface area (Å²) in [5.74, 6) is -0.730. The topological polar surface area (TPSA) is 103 Å². The number of amides is 2. The number of nitrogens with one attached hydrogen (secondary N) is 1. The average molecular weight is 577 g/mol. The van der Waals surface area contributed by atoms with Gasteiger partial charge in [0, 0.05) is 38.3 Å². The zero-order valence-corrected chi connectivity index (χ0v) is 24.4. The molecule has 2 amide bonds. The standard InChI is InChI=1S/C28H37ClN4O5S/c1-4-13-31(14-5-2)27(30)21-9-7-20(8-10-21)18-32-15-16-33(22(28(32)36)17-25(35)37-6-3)24(34)19-38-26-12-11-23(29)39-26/h7-12,22,30H,4-6,13-19H2,1-3H3. The van der Waals surface area contributed by atoms with E-state index in [2.05, 4.69) is 18.7 Å². The summed E-state index contributed by atoms with van der Waals surface area (Å²) in [5, 5.41) is 9.10. The summed E-state index contributed by atoms with van der Waals surface area (Å²) in [4.78, 5) is 44.0. The van der Waals surface area contributed by atoms with Crippen LogP contribution in [0.15, 0.2) is 36.4 Å². The second-order valence-corrected chi connectivity index (χ2v) is 10.9. The van der Waals surface area contributed by atoms with Crippen LogP contribution in [-0.2, 0) is 25.7 Å². The summed E-state index contributed by atoms with van der Waals surface area (Å²) in [7, 11) is 0. The number of rotatable bonds is 13. The molecule has 9 nitrogen and oxygen atoms in total. The SMILES string of the molecule is CCCN(CCC)C(=N)c1ccc(CN2CCN(C(=O)COc3ccc(Cl)s3)C(CC(=O)OCC)C2=O)cc1. The maximum absolute atomic E-state index is 13.5. The van der Waals surface area contributed by atoms with Gasteiger partial charge in [0.2, 0.25) is 5.91 Å². The smallest absolute Gasteiger partial charge is 0.308 e. The van der Waals surface area contributed by atoms with E-state index in [-0.39, 0.29) is 38.0 Å². The zero-order valence-electron chi connectivity index (χ0n) is 22.8. The highest BCUT2D eigenvalue weighted by Crippen LogP contribution is 2.28. The van der Waals surface area contributed by atoms with Crippen LogP contribution in [0.5, 0.6) is 5.06 Å². The molecule has 1 aliphatic rings. The van der Waals surface area contributed by atoms with Crippen LogP contribution in [-0.4, -0.2) is 83.8 Å². The Bertz CT molecular complexity index is 1130. The van der Waals surface area contributed by atoms with Crippen molar-refractivity contribution in [3.63, 3.8) is 0 Å². The number of carbonyl (C=O) groups is 3. The molecule has 1 atom stereocenters. The molecule has 212 valence electrons.